The van der Waals surface area contributed by atoms with Crippen molar-refractivity contribution < 1.29 is 14.2 Å². The van der Waals surface area contributed by atoms with Gasteiger partial charge < -0.3 is 19.5 Å². The van der Waals surface area contributed by atoms with Gasteiger partial charge in [0.05, 0.1) is 18.3 Å². The number of hydrogen-bond acceptors (Lipinski definition) is 5. The van der Waals surface area contributed by atoms with Crippen LogP contribution in [-0.4, -0.2) is 38.7 Å². The van der Waals surface area contributed by atoms with E-state index in [-0.39, 0.29) is 0 Å². The molecule has 2 aromatic carbocycles. The highest BCUT2D eigenvalue weighted by Gasteiger charge is 2.11. The third-order valence-electron chi connectivity index (χ3n) is 3.20. The maximum absolute atomic E-state index is 6.31. The summed E-state index contributed by atoms with van der Waals surface area (Å²) in [6.07, 6.45) is 1.58. The summed E-state index contributed by atoms with van der Waals surface area (Å²) in [6.45, 7) is 0.717. The van der Waals surface area contributed by atoms with Gasteiger partial charge in [-0.3, -0.25) is 5.43 Å². The maximum Gasteiger partial charge on any atom is 0.186 e. The molecule has 0 bridgehead atoms. The van der Waals surface area contributed by atoms with E-state index < -0.39 is 0 Å². The summed E-state index contributed by atoms with van der Waals surface area (Å²) in [5.74, 6) is 1.75. The number of thiocarbonyl (C=S) groups is 1. The first kappa shape index (κ1) is 19.8. The highest BCUT2D eigenvalue weighted by Crippen LogP contribution is 2.36. The zero-order valence-electron chi connectivity index (χ0n) is 14.5. The Morgan fingerprint density at radius 2 is 1.92 bits per heavy atom. The van der Waals surface area contributed by atoms with E-state index >= 15 is 0 Å². The molecule has 2 rings (SSSR count). The van der Waals surface area contributed by atoms with Crippen LogP contribution in [0.5, 0.6) is 17.2 Å². The molecule has 0 amide bonds. The molecule has 2 aromatic rings. The van der Waals surface area contributed by atoms with Crippen molar-refractivity contribution in [3.05, 3.63) is 53.1 Å². The molecular formula is C18H20ClN3O3S. The first-order valence-electron chi connectivity index (χ1n) is 7.83. The molecule has 26 heavy (non-hydrogen) atoms. The fraction of sp³-hybridized carbons (Fsp3) is 0.222. The van der Waals surface area contributed by atoms with E-state index in [2.05, 4.69) is 15.8 Å². The Morgan fingerprint density at radius 1 is 1.19 bits per heavy atom. The van der Waals surface area contributed by atoms with E-state index in [9.17, 15) is 0 Å². The second-order valence-corrected chi connectivity index (χ2v) is 5.81. The van der Waals surface area contributed by atoms with Gasteiger partial charge in [0.1, 0.15) is 19.0 Å². The summed E-state index contributed by atoms with van der Waals surface area (Å²) in [5.41, 5.74) is 3.41. The lowest BCUT2D eigenvalue weighted by atomic mass is 10.2. The SMILES string of the molecule is CNC(=S)N/N=C\c1cc(Cl)c(OCCOc2ccccc2)c(OC)c1. The average molecular weight is 394 g/mol. The monoisotopic (exact) mass is 393 g/mol. The number of nitrogens with zero attached hydrogens (tertiary/aromatic N) is 1. The Labute approximate surface area is 163 Å². The van der Waals surface area contributed by atoms with Crippen LogP contribution < -0.4 is 25.0 Å². The van der Waals surface area contributed by atoms with E-state index in [1.807, 2.05) is 30.3 Å². The number of hydrogen-bond donors (Lipinski definition) is 2. The molecule has 0 saturated carbocycles. The van der Waals surface area contributed by atoms with Crippen molar-refractivity contribution in [2.45, 2.75) is 0 Å². The van der Waals surface area contributed by atoms with E-state index in [0.717, 1.165) is 11.3 Å². The van der Waals surface area contributed by atoms with Gasteiger partial charge in [-0.15, -0.1) is 0 Å². The van der Waals surface area contributed by atoms with Crippen LogP contribution in [0.1, 0.15) is 5.56 Å². The molecule has 138 valence electrons. The lowest BCUT2D eigenvalue weighted by molar-refractivity contribution is 0.211. The van der Waals surface area contributed by atoms with Crippen LogP contribution in [-0.2, 0) is 0 Å². The molecule has 0 radical (unpaired) electrons. The minimum atomic E-state index is 0.330. The van der Waals surface area contributed by atoms with E-state index in [1.165, 1.54) is 0 Å². The van der Waals surface area contributed by atoms with Crippen molar-refractivity contribution in [3.63, 3.8) is 0 Å². The molecule has 0 spiro atoms. The van der Waals surface area contributed by atoms with E-state index in [4.69, 9.17) is 38.0 Å². The number of benzene rings is 2. The summed E-state index contributed by atoms with van der Waals surface area (Å²) in [7, 11) is 3.26. The van der Waals surface area contributed by atoms with Crippen molar-refractivity contribution in [1.29, 1.82) is 0 Å². The second kappa shape index (κ2) is 10.5. The van der Waals surface area contributed by atoms with Crippen LogP contribution >= 0.6 is 23.8 Å². The molecule has 0 saturated heterocycles. The molecule has 0 aromatic heterocycles. The van der Waals surface area contributed by atoms with Crippen LogP contribution in [0.25, 0.3) is 0 Å². The molecule has 0 atom stereocenters. The molecule has 8 heteroatoms. The zero-order valence-corrected chi connectivity index (χ0v) is 16.1. The molecule has 0 unspecified atom stereocenters. The first-order chi connectivity index (χ1) is 12.6. The highest BCUT2D eigenvalue weighted by molar-refractivity contribution is 7.80. The Morgan fingerprint density at radius 3 is 2.62 bits per heavy atom. The molecule has 0 aliphatic heterocycles. The van der Waals surface area contributed by atoms with Crippen molar-refractivity contribution in [2.24, 2.45) is 5.10 Å². The number of methoxy groups -OCH3 is 1. The van der Waals surface area contributed by atoms with Gasteiger partial charge in [-0.05, 0) is 42.0 Å². The Hall–Kier alpha value is -2.51. The fourth-order valence-corrected chi connectivity index (χ4v) is 2.32. The number of nitrogens with one attached hydrogen (secondary N) is 2. The maximum atomic E-state index is 6.31. The predicted molar refractivity (Wildman–Crippen MR) is 108 cm³/mol. The Bertz CT molecular complexity index is 757. The molecule has 6 nitrogen and oxygen atoms in total. The third-order valence-corrected chi connectivity index (χ3v) is 3.78. The number of rotatable bonds is 8. The summed E-state index contributed by atoms with van der Waals surface area (Å²) in [5, 5.41) is 7.61. The number of halogens is 1. The van der Waals surface area contributed by atoms with Crippen molar-refractivity contribution >= 4 is 35.1 Å². The summed E-state index contributed by atoms with van der Waals surface area (Å²) < 4.78 is 16.7. The summed E-state index contributed by atoms with van der Waals surface area (Å²) >= 11 is 11.3. The van der Waals surface area contributed by atoms with Crippen LogP contribution in [0, 0.1) is 0 Å². The number of para-hydroxylation sites is 1. The van der Waals surface area contributed by atoms with Gasteiger partial charge in [0.15, 0.2) is 16.6 Å². The molecule has 0 aliphatic rings. The van der Waals surface area contributed by atoms with Gasteiger partial charge in [0, 0.05) is 7.05 Å². The normalized spacial score (nSPS) is 10.4. The molecule has 0 heterocycles. The predicted octanol–water partition coefficient (Wildman–Crippen LogP) is 3.23. The number of hydrazone groups is 1. The van der Waals surface area contributed by atoms with Gasteiger partial charge >= 0.3 is 0 Å². The van der Waals surface area contributed by atoms with Crippen LogP contribution in [0.3, 0.4) is 0 Å². The lowest BCUT2D eigenvalue weighted by Gasteiger charge is -2.13. The third kappa shape index (κ3) is 6.09. The van der Waals surface area contributed by atoms with Gasteiger partial charge in [-0.2, -0.15) is 5.10 Å². The van der Waals surface area contributed by atoms with Crippen molar-refractivity contribution in [2.75, 3.05) is 27.4 Å². The minimum absolute atomic E-state index is 0.330. The molecule has 0 fully saturated rings. The van der Waals surface area contributed by atoms with Gasteiger partial charge in [0.25, 0.3) is 0 Å². The average Bonchev–Trinajstić information content (AvgIpc) is 2.66. The quantitative estimate of drug-likeness (QED) is 0.311. The number of ether oxygens (including phenoxy) is 3. The van der Waals surface area contributed by atoms with Crippen molar-refractivity contribution in [3.8, 4) is 17.2 Å². The van der Waals surface area contributed by atoms with Crippen molar-refractivity contribution in [1.82, 2.24) is 10.7 Å². The Balaban J connectivity index is 1.96. The molecular weight excluding hydrogens is 374 g/mol. The highest BCUT2D eigenvalue weighted by atomic mass is 35.5. The van der Waals surface area contributed by atoms with Crippen LogP contribution in [0.2, 0.25) is 5.02 Å². The Kier molecular flexibility index (Phi) is 7.98. The molecule has 2 N–H and O–H groups in total. The summed E-state index contributed by atoms with van der Waals surface area (Å²) in [4.78, 5) is 0. The first-order valence-corrected chi connectivity index (χ1v) is 8.61. The van der Waals surface area contributed by atoms with Gasteiger partial charge in [0.2, 0.25) is 0 Å². The zero-order chi connectivity index (χ0) is 18.8. The van der Waals surface area contributed by atoms with E-state index in [1.54, 1.807) is 32.5 Å². The fourth-order valence-electron chi connectivity index (χ4n) is 2.00. The standard InChI is InChI=1S/C18H20ClN3O3S/c1-20-18(26)22-21-12-13-10-15(19)17(16(11-13)23-2)25-9-8-24-14-6-4-3-5-7-14/h3-7,10-12H,8-9H2,1-2H3,(H2,20,22,26)/b21-12-. The second-order valence-electron chi connectivity index (χ2n) is 4.99. The minimum Gasteiger partial charge on any atom is -0.493 e. The smallest absolute Gasteiger partial charge is 0.186 e. The topological polar surface area (TPSA) is 64.1 Å². The van der Waals surface area contributed by atoms with Crippen LogP contribution in [0.15, 0.2) is 47.6 Å². The largest absolute Gasteiger partial charge is 0.493 e. The summed E-state index contributed by atoms with van der Waals surface area (Å²) in [6, 6.07) is 13.0. The van der Waals surface area contributed by atoms with Crippen LogP contribution in [0.4, 0.5) is 0 Å². The molecule has 0 aliphatic carbocycles. The van der Waals surface area contributed by atoms with E-state index in [0.29, 0.717) is 34.8 Å². The van der Waals surface area contributed by atoms with Gasteiger partial charge in [-0.25, -0.2) is 0 Å². The lowest BCUT2D eigenvalue weighted by Crippen LogP contribution is -2.28. The van der Waals surface area contributed by atoms with Gasteiger partial charge in [-0.1, -0.05) is 29.8 Å².